The van der Waals surface area contributed by atoms with Crippen LogP contribution in [0, 0.1) is 5.82 Å². The number of anilines is 2. The lowest BCUT2D eigenvalue weighted by Gasteiger charge is -2.25. The van der Waals surface area contributed by atoms with Crippen LogP contribution in [-0.4, -0.2) is 25.7 Å². The van der Waals surface area contributed by atoms with Crippen molar-refractivity contribution in [1.82, 2.24) is 5.01 Å². The number of carbonyl (C=O) groups excluding carboxylic acids is 1. The van der Waals surface area contributed by atoms with Gasteiger partial charge in [-0.15, -0.1) is 0 Å². The maximum absolute atomic E-state index is 15.2. The highest BCUT2D eigenvalue weighted by atomic mass is 32.2. The van der Waals surface area contributed by atoms with Crippen molar-refractivity contribution in [3.8, 4) is 11.1 Å². The first kappa shape index (κ1) is 29.6. The molecule has 0 radical (unpaired) electrons. The van der Waals surface area contributed by atoms with Crippen LogP contribution < -0.4 is 16.5 Å². The van der Waals surface area contributed by atoms with Gasteiger partial charge < -0.3 is 11.1 Å². The second-order valence-electron chi connectivity index (χ2n) is 9.19. The molecule has 12 heteroatoms. The van der Waals surface area contributed by atoms with Crippen molar-refractivity contribution in [2.45, 2.75) is 24.2 Å². The second-order valence-corrected chi connectivity index (χ2v) is 11.2. The number of halogens is 4. The summed E-state index contributed by atoms with van der Waals surface area (Å²) in [6.07, 6.45) is -3.46. The van der Waals surface area contributed by atoms with Crippen LogP contribution in [-0.2, 0) is 29.1 Å². The SMILES string of the molecule is CS(=O)(=O)c1ccccc1-c1ccc(NC(=O)N(Cc2ccc(C(F)(F)F)cc2)Nc2cccc(CN)c2)c(F)c1. The van der Waals surface area contributed by atoms with Gasteiger partial charge in [-0.05, 0) is 59.2 Å². The van der Waals surface area contributed by atoms with E-state index in [2.05, 4.69) is 10.7 Å². The Balaban J connectivity index is 1.61. The molecular formula is C29H26F4N4O3S. The lowest BCUT2D eigenvalue weighted by molar-refractivity contribution is -0.137. The van der Waals surface area contributed by atoms with E-state index < -0.39 is 33.4 Å². The number of hydrazine groups is 1. The van der Waals surface area contributed by atoms with Gasteiger partial charge in [-0.25, -0.2) is 22.6 Å². The summed E-state index contributed by atoms with van der Waals surface area (Å²) in [7, 11) is -3.59. The number of nitrogens with one attached hydrogen (secondary N) is 2. The van der Waals surface area contributed by atoms with E-state index in [-0.39, 0.29) is 23.7 Å². The summed E-state index contributed by atoms with van der Waals surface area (Å²) in [5.74, 6) is -0.821. The van der Waals surface area contributed by atoms with Crippen LogP contribution in [0.5, 0.6) is 0 Å². The van der Waals surface area contributed by atoms with Crippen molar-refractivity contribution in [3.05, 3.63) is 114 Å². The zero-order valence-corrected chi connectivity index (χ0v) is 22.6. The lowest BCUT2D eigenvalue weighted by atomic mass is 10.1. The normalized spacial score (nSPS) is 11.7. The highest BCUT2D eigenvalue weighted by molar-refractivity contribution is 7.90. The molecule has 0 heterocycles. The van der Waals surface area contributed by atoms with Crippen LogP contribution in [0.25, 0.3) is 11.1 Å². The predicted octanol–water partition coefficient (Wildman–Crippen LogP) is 6.43. The van der Waals surface area contributed by atoms with Gasteiger partial charge >= 0.3 is 12.2 Å². The van der Waals surface area contributed by atoms with E-state index in [0.29, 0.717) is 22.4 Å². The topological polar surface area (TPSA) is 105 Å². The number of nitrogens with zero attached hydrogens (tertiary/aromatic N) is 1. The highest BCUT2D eigenvalue weighted by Gasteiger charge is 2.30. The summed E-state index contributed by atoms with van der Waals surface area (Å²) < 4.78 is 78.5. The van der Waals surface area contributed by atoms with Crippen LogP contribution in [0.3, 0.4) is 0 Å². The van der Waals surface area contributed by atoms with Crippen LogP contribution in [0.15, 0.2) is 95.9 Å². The van der Waals surface area contributed by atoms with Gasteiger partial charge in [0.1, 0.15) is 5.82 Å². The van der Waals surface area contributed by atoms with E-state index in [9.17, 15) is 26.4 Å². The molecular weight excluding hydrogens is 560 g/mol. The fourth-order valence-corrected chi connectivity index (χ4v) is 4.97. The molecule has 0 aliphatic carbocycles. The first-order chi connectivity index (χ1) is 19.3. The van der Waals surface area contributed by atoms with Crippen LogP contribution >= 0.6 is 0 Å². The molecule has 4 aromatic carbocycles. The fraction of sp³-hybridized carbons (Fsp3) is 0.138. The van der Waals surface area contributed by atoms with Gasteiger partial charge in [-0.3, -0.25) is 5.43 Å². The Morgan fingerprint density at radius 1 is 0.902 bits per heavy atom. The molecule has 0 aromatic heterocycles. The third-order valence-electron chi connectivity index (χ3n) is 6.10. The monoisotopic (exact) mass is 586 g/mol. The molecule has 4 N–H and O–H groups in total. The van der Waals surface area contributed by atoms with Gasteiger partial charge in [0.15, 0.2) is 9.84 Å². The minimum atomic E-state index is -4.51. The van der Waals surface area contributed by atoms with Crippen molar-refractivity contribution in [2.24, 2.45) is 5.73 Å². The average molecular weight is 587 g/mol. The minimum absolute atomic E-state index is 0.0304. The molecule has 0 unspecified atom stereocenters. The Bertz CT molecular complexity index is 1660. The van der Waals surface area contributed by atoms with Crippen molar-refractivity contribution in [3.63, 3.8) is 0 Å². The van der Waals surface area contributed by atoms with Crippen molar-refractivity contribution < 1.29 is 30.8 Å². The standard InChI is InChI=1S/C29H26F4N4O3S/c1-41(39,40)27-8-3-2-7-24(27)21-11-14-26(25(30)16-21)35-28(38)37(36-23-6-4-5-20(15-23)17-34)18-19-9-12-22(13-10-19)29(31,32)33/h2-16,36H,17-18,34H2,1H3,(H,35,38). The molecule has 0 atom stereocenters. The quantitative estimate of drug-likeness (QED) is 0.163. The Labute approximate surface area is 234 Å². The van der Waals surface area contributed by atoms with Crippen LogP contribution in [0.1, 0.15) is 16.7 Å². The van der Waals surface area contributed by atoms with Crippen molar-refractivity contribution >= 4 is 27.2 Å². The van der Waals surface area contributed by atoms with Gasteiger partial charge in [0.25, 0.3) is 0 Å². The molecule has 0 spiro atoms. The van der Waals surface area contributed by atoms with E-state index in [0.717, 1.165) is 35.0 Å². The number of hydrogen-bond donors (Lipinski definition) is 3. The fourth-order valence-electron chi connectivity index (χ4n) is 4.06. The first-order valence-corrected chi connectivity index (χ1v) is 14.1. The Kier molecular flexibility index (Phi) is 8.64. The smallest absolute Gasteiger partial charge is 0.326 e. The molecule has 41 heavy (non-hydrogen) atoms. The van der Waals surface area contributed by atoms with Gasteiger partial charge in [0, 0.05) is 18.4 Å². The van der Waals surface area contributed by atoms with Crippen molar-refractivity contribution in [1.29, 1.82) is 0 Å². The summed E-state index contributed by atoms with van der Waals surface area (Å²) in [5, 5.41) is 3.55. The van der Waals surface area contributed by atoms with Gasteiger partial charge in [-0.2, -0.15) is 13.2 Å². The zero-order chi connectivity index (χ0) is 29.8. The van der Waals surface area contributed by atoms with Crippen LogP contribution in [0.4, 0.5) is 33.7 Å². The highest BCUT2D eigenvalue weighted by Crippen LogP contribution is 2.31. The minimum Gasteiger partial charge on any atom is -0.326 e. The Morgan fingerprint density at radius 3 is 2.24 bits per heavy atom. The van der Waals surface area contributed by atoms with E-state index >= 15 is 4.39 Å². The number of benzene rings is 4. The number of urea groups is 1. The number of rotatable bonds is 8. The maximum Gasteiger partial charge on any atom is 0.416 e. The van der Waals surface area contributed by atoms with E-state index in [1.165, 1.54) is 30.3 Å². The molecule has 0 fully saturated rings. The van der Waals surface area contributed by atoms with Crippen molar-refractivity contribution in [2.75, 3.05) is 17.0 Å². The molecule has 7 nitrogen and oxygen atoms in total. The predicted molar refractivity (Wildman–Crippen MR) is 149 cm³/mol. The molecule has 0 bridgehead atoms. The molecule has 4 aromatic rings. The summed E-state index contributed by atoms with van der Waals surface area (Å²) in [4.78, 5) is 13.3. The summed E-state index contributed by atoms with van der Waals surface area (Å²) >= 11 is 0. The third-order valence-corrected chi connectivity index (χ3v) is 7.26. The summed E-state index contributed by atoms with van der Waals surface area (Å²) in [5.41, 5.74) is 9.79. The molecule has 4 rings (SSSR count). The molecule has 0 saturated carbocycles. The van der Waals surface area contributed by atoms with Gasteiger partial charge in [0.05, 0.1) is 28.4 Å². The molecule has 214 valence electrons. The average Bonchev–Trinajstić information content (AvgIpc) is 2.93. The zero-order valence-electron chi connectivity index (χ0n) is 21.7. The molecule has 2 amide bonds. The lowest BCUT2D eigenvalue weighted by Crippen LogP contribution is -2.39. The second kappa shape index (κ2) is 12.0. The largest absolute Gasteiger partial charge is 0.416 e. The molecule has 0 aliphatic rings. The Hall–Kier alpha value is -4.42. The summed E-state index contributed by atoms with van der Waals surface area (Å²) in [6, 6.07) is 20.4. The van der Waals surface area contributed by atoms with E-state index in [4.69, 9.17) is 5.73 Å². The van der Waals surface area contributed by atoms with E-state index in [1.54, 1.807) is 42.5 Å². The first-order valence-electron chi connectivity index (χ1n) is 12.2. The number of sulfone groups is 1. The number of alkyl halides is 3. The maximum atomic E-state index is 15.2. The summed E-state index contributed by atoms with van der Waals surface area (Å²) in [6.45, 7) is 0.0684. The third kappa shape index (κ3) is 7.41. The Morgan fingerprint density at radius 2 is 1.61 bits per heavy atom. The van der Waals surface area contributed by atoms with Crippen LogP contribution in [0.2, 0.25) is 0 Å². The van der Waals surface area contributed by atoms with Gasteiger partial charge in [-0.1, -0.05) is 48.5 Å². The van der Waals surface area contributed by atoms with Gasteiger partial charge in [0.2, 0.25) is 0 Å². The molecule has 0 saturated heterocycles. The number of amides is 2. The van der Waals surface area contributed by atoms with E-state index in [1.807, 2.05) is 0 Å². The number of hydrogen-bond acceptors (Lipinski definition) is 5. The number of nitrogens with two attached hydrogens (primary N) is 1. The molecule has 0 aliphatic heterocycles. The number of carbonyl (C=O) groups is 1.